The molecule has 0 unspecified atom stereocenters. The standard InChI is InChI=1S/C17H33N3/c1-2-3-4-5-6-7-8-9-10-11-12-13-14-15-16-17-19-20-18/h15-16H,2-14,17H2,1H3/b16-15+. The van der Waals surface area contributed by atoms with Crippen molar-refractivity contribution in [3.05, 3.63) is 22.6 Å². The van der Waals surface area contributed by atoms with Crippen LogP contribution in [0, 0.1) is 0 Å². The zero-order chi connectivity index (χ0) is 14.7. The predicted molar refractivity (Wildman–Crippen MR) is 88.8 cm³/mol. The van der Waals surface area contributed by atoms with E-state index in [-0.39, 0.29) is 0 Å². The molecule has 0 radical (unpaired) electrons. The molecule has 3 nitrogen and oxygen atoms in total. The van der Waals surface area contributed by atoms with Gasteiger partial charge in [0.25, 0.3) is 0 Å². The van der Waals surface area contributed by atoms with Crippen molar-refractivity contribution in [2.75, 3.05) is 6.54 Å². The van der Waals surface area contributed by atoms with E-state index in [1.807, 2.05) is 6.08 Å². The minimum Gasteiger partial charge on any atom is -0.0899 e. The van der Waals surface area contributed by atoms with Gasteiger partial charge in [0, 0.05) is 11.5 Å². The second-order valence-corrected chi connectivity index (χ2v) is 5.56. The normalized spacial score (nSPS) is 10.8. The first kappa shape index (κ1) is 19.1. The van der Waals surface area contributed by atoms with Gasteiger partial charge in [-0.25, -0.2) is 0 Å². The fourth-order valence-electron chi connectivity index (χ4n) is 2.38. The summed E-state index contributed by atoms with van der Waals surface area (Å²) >= 11 is 0. The Bertz CT molecular complexity index is 255. The fourth-order valence-corrected chi connectivity index (χ4v) is 2.38. The molecule has 0 heterocycles. The minimum absolute atomic E-state index is 0.495. The summed E-state index contributed by atoms with van der Waals surface area (Å²) in [5.41, 5.74) is 8.11. The van der Waals surface area contributed by atoms with E-state index in [2.05, 4.69) is 23.0 Å². The smallest absolute Gasteiger partial charge is 0.0440 e. The maximum Gasteiger partial charge on any atom is 0.0440 e. The van der Waals surface area contributed by atoms with Gasteiger partial charge in [-0.2, -0.15) is 0 Å². The number of unbranched alkanes of at least 4 members (excludes halogenated alkanes) is 12. The van der Waals surface area contributed by atoms with Gasteiger partial charge in [0.1, 0.15) is 0 Å². The van der Waals surface area contributed by atoms with Gasteiger partial charge in [0.05, 0.1) is 0 Å². The van der Waals surface area contributed by atoms with E-state index in [0.29, 0.717) is 6.54 Å². The van der Waals surface area contributed by atoms with Gasteiger partial charge in [0.15, 0.2) is 0 Å². The molecule has 0 aromatic heterocycles. The topological polar surface area (TPSA) is 48.8 Å². The van der Waals surface area contributed by atoms with E-state index in [1.165, 1.54) is 77.0 Å². The molecule has 0 amide bonds. The Balaban J connectivity index is 3.02. The van der Waals surface area contributed by atoms with Crippen molar-refractivity contribution in [2.24, 2.45) is 5.11 Å². The third-order valence-electron chi connectivity index (χ3n) is 3.64. The van der Waals surface area contributed by atoms with Gasteiger partial charge >= 0.3 is 0 Å². The number of hydrogen-bond acceptors (Lipinski definition) is 1. The van der Waals surface area contributed by atoms with Gasteiger partial charge in [-0.3, -0.25) is 0 Å². The summed E-state index contributed by atoms with van der Waals surface area (Å²) in [4.78, 5) is 2.71. The highest BCUT2D eigenvalue weighted by atomic mass is 15.1. The maximum absolute atomic E-state index is 8.11. The van der Waals surface area contributed by atoms with Gasteiger partial charge in [0.2, 0.25) is 0 Å². The first-order valence-electron chi connectivity index (χ1n) is 8.57. The highest BCUT2D eigenvalue weighted by Gasteiger charge is 1.92. The van der Waals surface area contributed by atoms with Crippen LogP contribution in [-0.4, -0.2) is 6.54 Å². The lowest BCUT2D eigenvalue weighted by Gasteiger charge is -2.02. The number of hydrogen-bond donors (Lipinski definition) is 0. The number of nitrogens with zero attached hydrogens (tertiary/aromatic N) is 3. The van der Waals surface area contributed by atoms with E-state index in [9.17, 15) is 0 Å². The lowest BCUT2D eigenvalue weighted by atomic mass is 10.0. The highest BCUT2D eigenvalue weighted by Crippen LogP contribution is 2.12. The van der Waals surface area contributed by atoms with Gasteiger partial charge in [-0.15, -0.1) is 0 Å². The fraction of sp³-hybridized carbons (Fsp3) is 0.882. The van der Waals surface area contributed by atoms with Crippen molar-refractivity contribution in [2.45, 2.75) is 90.4 Å². The second-order valence-electron chi connectivity index (χ2n) is 5.56. The lowest BCUT2D eigenvalue weighted by Crippen LogP contribution is -1.82. The van der Waals surface area contributed by atoms with Crippen molar-refractivity contribution in [1.82, 2.24) is 0 Å². The molecule has 3 heteroatoms. The Morgan fingerprint density at radius 1 is 0.750 bits per heavy atom. The lowest BCUT2D eigenvalue weighted by molar-refractivity contribution is 0.545. The molecule has 0 saturated heterocycles. The Hall–Kier alpha value is -0.950. The summed E-state index contributed by atoms with van der Waals surface area (Å²) in [5, 5.41) is 3.46. The van der Waals surface area contributed by atoms with Crippen molar-refractivity contribution in [1.29, 1.82) is 0 Å². The van der Waals surface area contributed by atoms with Gasteiger partial charge in [-0.1, -0.05) is 94.8 Å². The summed E-state index contributed by atoms with van der Waals surface area (Å²) < 4.78 is 0. The Kier molecular flexibility index (Phi) is 17.2. The Morgan fingerprint density at radius 3 is 1.75 bits per heavy atom. The molecule has 20 heavy (non-hydrogen) atoms. The van der Waals surface area contributed by atoms with Crippen molar-refractivity contribution < 1.29 is 0 Å². The molecule has 0 bridgehead atoms. The maximum atomic E-state index is 8.11. The van der Waals surface area contributed by atoms with Crippen LogP contribution in [0.4, 0.5) is 0 Å². The average molecular weight is 279 g/mol. The monoisotopic (exact) mass is 279 g/mol. The van der Waals surface area contributed by atoms with Crippen molar-refractivity contribution in [3.8, 4) is 0 Å². The summed E-state index contributed by atoms with van der Waals surface area (Å²) in [5.74, 6) is 0. The summed E-state index contributed by atoms with van der Waals surface area (Å²) in [6.07, 6.45) is 21.9. The van der Waals surface area contributed by atoms with Crippen LogP contribution < -0.4 is 0 Å². The largest absolute Gasteiger partial charge is 0.0899 e. The predicted octanol–water partition coefficient (Wildman–Crippen LogP) is 6.94. The van der Waals surface area contributed by atoms with Crippen LogP contribution in [0.3, 0.4) is 0 Å². The zero-order valence-corrected chi connectivity index (χ0v) is 13.4. The van der Waals surface area contributed by atoms with Gasteiger partial charge in [-0.05, 0) is 18.4 Å². The molecule has 0 spiro atoms. The molecule has 0 aliphatic rings. The van der Waals surface area contributed by atoms with E-state index in [1.54, 1.807) is 0 Å². The SMILES string of the molecule is CCCCCCCCCCCCCC/C=C/CN=[N+]=[N-]. The molecule has 0 atom stereocenters. The molecule has 0 aromatic rings. The van der Waals surface area contributed by atoms with E-state index >= 15 is 0 Å². The molecular formula is C17H33N3. The van der Waals surface area contributed by atoms with Gasteiger partial charge < -0.3 is 0 Å². The summed E-state index contributed by atoms with van der Waals surface area (Å²) in [6, 6.07) is 0. The quantitative estimate of drug-likeness (QED) is 0.102. The van der Waals surface area contributed by atoms with Crippen LogP contribution in [0.25, 0.3) is 10.4 Å². The zero-order valence-electron chi connectivity index (χ0n) is 13.4. The van der Waals surface area contributed by atoms with Crippen LogP contribution in [0.1, 0.15) is 90.4 Å². The van der Waals surface area contributed by atoms with Crippen LogP contribution in [0.5, 0.6) is 0 Å². The minimum atomic E-state index is 0.495. The summed E-state index contributed by atoms with van der Waals surface area (Å²) in [7, 11) is 0. The van der Waals surface area contributed by atoms with E-state index < -0.39 is 0 Å². The highest BCUT2D eigenvalue weighted by molar-refractivity contribution is 4.83. The third-order valence-corrected chi connectivity index (χ3v) is 3.64. The summed E-state index contributed by atoms with van der Waals surface area (Å²) in [6.45, 7) is 2.77. The van der Waals surface area contributed by atoms with Crippen molar-refractivity contribution >= 4 is 0 Å². The first-order chi connectivity index (χ1) is 9.91. The number of rotatable bonds is 15. The molecule has 0 rings (SSSR count). The molecule has 116 valence electrons. The van der Waals surface area contributed by atoms with Crippen LogP contribution in [0.15, 0.2) is 17.3 Å². The van der Waals surface area contributed by atoms with Crippen molar-refractivity contribution in [3.63, 3.8) is 0 Å². The second kappa shape index (κ2) is 18.0. The first-order valence-corrected chi connectivity index (χ1v) is 8.57. The van der Waals surface area contributed by atoms with Crippen LogP contribution in [-0.2, 0) is 0 Å². The third kappa shape index (κ3) is 17.1. The molecule has 0 aliphatic heterocycles. The van der Waals surface area contributed by atoms with Crippen LogP contribution >= 0.6 is 0 Å². The Morgan fingerprint density at radius 2 is 1.25 bits per heavy atom. The Labute approximate surface area is 125 Å². The molecule has 0 saturated carbocycles. The molecule has 0 N–H and O–H groups in total. The number of azide groups is 1. The van der Waals surface area contributed by atoms with E-state index in [4.69, 9.17) is 5.53 Å². The van der Waals surface area contributed by atoms with Crippen LogP contribution in [0.2, 0.25) is 0 Å². The average Bonchev–Trinajstić information content (AvgIpc) is 2.47. The van der Waals surface area contributed by atoms with E-state index in [0.717, 1.165) is 6.42 Å². The molecular weight excluding hydrogens is 246 g/mol. The molecule has 0 aromatic carbocycles. The number of allylic oxidation sites excluding steroid dienone is 1. The molecule has 0 fully saturated rings. The molecule has 0 aliphatic carbocycles.